The van der Waals surface area contributed by atoms with Crippen LogP contribution in [0.25, 0.3) is 0 Å². The number of oxazole rings is 1. The van der Waals surface area contributed by atoms with Gasteiger partial charge in [0.25, 0.3) is 5.91 Å². The molecule has 1 heterocycles. The van der Waals surface area contributed by atoms with Crippen molar-refractivity contribution in [2.75, 3.05) is 14.2 Å². The number of nitrogens with zero attached hydrogens (tertiary/aromatic N) is 2. The van der Waals surface area contributed by atoms with Gasteiger partial charge in [-0.15, -0.1) is 0 Å². The van der Waals surface area contributed by atoms with E-state index in [0.717, 1.165) is 17.1 Å². The highest BCUT2D eigenvalue weighted by atomic mass is 16.5. The highest BCUT2D eigenvalue weighted by molar-refractivity contribution is 5.92. The van der Waals surface area contributed by atoms with Gasteiger partial charge in [-0.2, -0.15) is 0 Å². The first-order chi connectivity index (χ1) is 15.4. The summed E-state index contributed by atoms with van der Waals surface area (Å²) in [6, 6.07) is 16.1. The van der Waals surface area contributed by atoms with Crippen LogP contribution in [0.2, 0.25) is 0 Å². The van der Waals surface area contributed by atoms with E-state index in [1.807, 2.05) is 50.2 Å². The standard InChI is InChI=1S/C25H31N3O4/c1-17(2)26-25(29)22-16-32-24(27-22)15-28(18(3)19-9-7-6-8-10-19)14-20-11-12-21(30-4)13-23(20)31-5/h6-13,16-18H,14-15H2,1-5H3,(H,26,29)/t18-/m0/s1. The zero-order chi connectivity index (χ0) is 23.1. The van der Waals surface area contributed by atoms with E-state index in [1.165, 1.54) is 11.8 Å². The number of amides is 1. The number of ether oxygens (including phenoxy) is 2. The van der Waals surface area contributed by atoms with Crippen LogP contribution >= 0.6 is 0 Å². The molecule has 1 atom stereocenters. The third-order valence-corrected chi connectivity index (χ3v) is 5.24. The Morgan fingerprint density at radius 3 is 2.47 bits per heavy atom. The summed E-state index contributed by atoms with van der Waals surface area (Å²) in [5, 5.41) is 2.84. The van der Waals surface area contributed by atoms with Crippen LogP contribution in [-0.4, -0.2) is 36.1 Å². The molecule has 0 aliphatic carbocycles. The molecule has 0 spiro atoms. The molecular formula is C25H31N3O4. The minimum atomic E-state index is -0.241. The smallest absolute Gasteiger partial charge is 0.273 e. The quantitative estimate of drug-likeness (QED) is 0.500. The van der Waals surface area contributed by atoms with E-state index in [4.69, 9.17) is 13.9 Å². The van der Waals surface area contributed by atoms with Crippen LogP contribution in [0.4, 0.5) is 0 Å². The molecule has 0 aliphatic heterocycles. The van der Waals surface area contributed by atoms with Gasteiger partial charge in [0.1, 0.15) is 17.8 Å². The van der Waals surface area contributed by atoms with Gasteiger partial charge in [-0.05, 0) is 32.4 Å². The maximum atomic E-state index is 12.3. The van der Waals surface area contributed by atoms with Crippen molar-refractivity contribution in [3.8, 4) is 11.5 Å². The van der Waals surface area contributed by atoms with Crippen LogP contribution in [0.3, 0.4) is 0 Å². The summed E-state index contributed by atoms with van der Waals surface area (Å²) in [6.45, 7) is 6.98. The average molecular weight is 438 g/mol. The van der Waals surface area contributed by atoms with Gasteiger partial charge in [0.05, 0.1) is 20.8 Å². The second-order valence-corrected chi connectivity index (χ2v) is 7.92. The molecule has 3 aromatic rings. The number of nitrogens with one attached hydrogen (secondary N) is 1. The predicted molar refractivity (Wildman–Crippen MR) is 123 cm³/mol. The van der Waals surface area contributed by atoms with Crippen molar-refractivity contribution < 1.29 is 18.7 Å². The molecular weight excluding hydrogens is 406 g/mol. The predicted octanol–water partition coefficient (Wildman–Crippen LogP) is 4.59. The summed E-state index contributed by atoms with van der Waals surface area (Å²) < 4.78 is 16.6. The lowest BCUT2D eigenvalue weighted by Gasteiger charge is -2.29. The molecule has 0 fully saturated rings. The summed E-state index contributed by atoms with van der Waals surface area (Å²) in [5.41, 5.74) is 2.47. The minimum absolute atomic E-state index is 0.0276. The lowest BCUT2D eigenvalue weighted by Crippen LogP contribution is -2.30. The van der Waals surface area contributed by atoms with Gasteiger partial charge in [-0.25, -0.2) is 4.98 Å². The van der Waals surface area contributed by atoms with Gasteiger partial charge in [-0.3, -0.25) is 9.69 Å². The first kappa shape index (κ1) is 23.3. The monoisotopic (exact) mass is 437 g/mol. The van der Waals surface area contributed by atoms with Crippen molar-refractivity contribution in [1.82, 2.24) is 15.2 Å². The minimum Gasteiger partial charge on any atom is -0.497 e. The van der Waals surface area contributed by atoms with Crippen molar-refractivity contribution in [3.05, 3.63) is 77.5 Å². The molecule has 7 heteroatoms. The third kappa shape index (κ3) is 5.88. The van der Waals surface area contributed by atoms with Gasteiger partial charge < -0.3 is 19.2 Å². The fraction of sp³-hybridized carbons (Fsp3) is 0.360. The molecule has 170 valence electrons. The molecule has 7 nitrogen and oxygen atoms in total. The van der Waals surface area contributed by atoms with E-state index in [1.54, 1.807) is 14.2 Å². The summed E-state index contributed by atoms with van der Waals surface area (Å²) in [4.78, 5) is 18.9. The largest absolute Gasteiger partial charge is 0.497 e. The number of benzene rings is 2. The summed E-state index contributed by atoms with van der Waals surface area (Å²) in [5.74, 6) is 1.73. The molecule has 32 heavy (non-hydrogen) atoms. The van der Waals surface area contributed by atoms with Crippen LogP contribution in [-0.2, 0) is 13.1 Å². The molecule has 0 saturated heterocycles. The molecule has 0 radical (unpaired) electrons. The van der Waals surface area contributed by atoms with Crippen LogP contribution in [0.1, 0.15) is 54.3 Å². The molecule has 1 aromatic heterocycles. The SMILES string of the molecule is COc1ccc(CN(Cc2nc(C(=O)NC(C)C)co2)[C@@H](C)c2ccccc2)c(OC)c1. The van der Waals surface area contributed by atoms with E-state index in [2.05, 4.69) is 34.3 Å². The topological polar surface area (TPSA) is 76.8 Å². The van der Waals surface area contributed by atoms with Crippen molar-refractivity contribution in [3.63, 3.8) is 0 Å². The lowest BCUT2D eigenvalue weighted by atomic mass is 10.1. The maximum absolute atomic E-state index is 12.3. The van der Waals surface area contributed by atoms with E-state index in [0.29, 0.717) is 19.0 Å². The van der Waals surface area contributed by atoms with Gasteiger partial charge in [0.2, 0.25) is 5.89 Å². The number of hydrogen-bond acceptors (Lipinski definition) is 6. The Bertz CT molecular complexity index is 1020. The molecule has 0 unspecified atom stereocenters. The van der Waals surface area contributed by atoms with E-state index < -0.39 is 0 Å². The van der Waals surface area contributed by atoms with Crippen molar-refractivity contribution in [2.45, 2.75) is 45.9 Å². The lowest BCUT2D eigenvalue weighted by molar-refractivity contribution is 0.0938. The van der Waals surface area contributed by atoms with Gasteiger partial charge in [-0.1, -0.05) is 36.4 Å². The molecule has 1 amide bonds. The first-order valence-electron chi connectivity index (χ1n) is 10.7. The molecule has 0 bridgehead atoms. The molecule has 1 N–H and O–H groups in total. The maximum Gasteiger partial charge on any atom is 0.273 e. The van der Waals surface area contributed by atoms with Crippen LogP contribution < -0.4 is 14.8 Å². The van der Waals surface area contributed by atoms with Crippen LogP contribution in [0.15, 0.2) is 59.2 Å². The van der Waals surface area contributed by atoms with Crippen molar-refractivity contribution in [2.24, 2.45) is 0 Å². The Hall–Kier alpha value is -3.32. The number of hydrogen-bond donors (Lipinski definition) is 1. The zero-order valence-corrected chi connectivity index (χ0v) is 19.3. The number of methoxy groups -OCH3 is 2. The Morgan fingerprint density at radius 1 is 1.06 bits per heavy atom. The van der Waals surface area contributed by atoms with Gasteiger partial charge in [0, 0.05) is 30.3 Å². The Kier molecular flexibility index (Phi) is 7.89. The molecule has 0 saturated carbocycles. The normalized spacial score (nSPS) is 12.1. The average Bonchev–Trinajstić information content (AvgIpc) is 3.27. The molecule has 2 aromatic carbocycles. The summed E-state index contributed by atoms with van der Waals surface area (Å²) >= 11 is 0. The second-order valence-electron chi connectivity index (χ2n) is 7.92. The third-order valence-electron chi connectivity index (χ3n) is 5.24. The Morgan fingerprint density at radius 2 is 1.81 bits per heavy atom. The summed E-state index contributed by atoms with van der Waals surface area (Å²) in [7, 11) is 3.28. The number of carbonyl (C=O) groups is 1. The first-order valence-corrected chi connectivity index (χ1v) is 10.7. The van der Waals surface area contributed by atoms with E-state index in [9.17, 15) is 4.79 Å². The Labute approximate surface area is 189 Å². The summed E-state index contributed by atoms with van der Waals surface area (Å²) in [6.07, 6.45) is 1.41. The fourth-order valence-electron chi connectivity index (χ4n) is 3.47. The van der Waals surface area contributed by atoms with Crippen LogP contribution in [0.5, 0.6) is 11.5 Å². The van der Waals surface area contributed by atoms with E-state index in [-0.39, 0.29) is 23.7 Å². The number of aromatic nitrogens is 1. The van der Waals surface area contributed by atoms with E-state index >= 15 is 0 Å². The van der Waals surface area contributed by atoms with Crippen LogP contribution in [0, 0.1) is 0 Å². The zero-order valence-electron chi connectivity index (χ0n) is 19.3. The van der Waals surface area contributed by atoms with Crippen molar-refractivity contribution in [1.29, 1.82) is 0 Å². The van der Waals surface area contributed by atoms with Gasteiger partial charge in [0.15, 0.2) is 5.69 Å². The van der Waals surface area contributed by atoms with Crippen molar-refractivity contribution >= 4 is 5.91 Å². The number of rotatable bonds is 10. The fourth-order valence-corrected chi connectivity index (χ4v) is 3.47. The second kappa shape index (κ2) is 10.8. The Balaban J connectivity index is 1.87. The number of carbonyl (C=O) groups excluding carboxylic acids is 1. The molecule has 0 aliphatic rings. The molecule has 3 rings (SSSR count). The van der Waals surface area contributed by atoms with Gasteiger partial charge >= 0.3 is 0 Å². The highest BCUT2D eigenvalue weighted by Crippen LogP contribution is 2.30. The highest BCUT2D eigenvalue weighted by Gasteiger charge is 2.22.